The highest BCUT2D eigenvalue weighted by molar-refractivity contribution is 6.30. The standard InChI is InChI=1S/C11H10ClN5O3/c12-7-1-2-13-9(3-7)11(20)14-4-8-5-17(16-15-8)6-10(18)19/h1-3,5H,4,6H2,(H,14,20)(H,18,19). The minimum Gasteiger partial charge on any atom is -0.480 e. The third-order valence-corrected chi connectivity index (χ3v) is 2.50. The van der Waals surface area contributed by atoms with Crippen molar-refractivity contribution < 1.29 is 14.7 Å². The van der Waals surface area contributed by atoms with E-state index in [2.05, 4.69) is 20.6 Å². The third kappa shape index (κ3) is 3.75. The molecule has 0 aliphatic carbocycles. The second-order valence-corrected chi connectivity index (χ2v) is 4.28. The Hall–Kier alpha value is -2.48. The maximum atomic E-state index is 11.8. The van der Waals surface area contributed by atoms with Crippen LogP contribution in [0.2, 0.25) is 5.02 Å². The lowest BCUT2D eigenvalue weighted by Crippen LogP contribution is -2.23. The van der Waals surface area contributed by atoms with E-state index in [4.69, 9.17) is 16.7 Å². The predicted octanol–water partition coefficient (Wildman–Crippen LogP) is 0.341. The van der Waals surface area contributed by atoms with Gasteiger partial charge in [-0.2, -0.15) is 0 Å². The molecule has 1 amide bonds. The van der Waals surface area contributed by atoms with Gasteiger partial charge in [0.05, 0.1) is 12.7 Å². The number of hydrogen-bond donors (Lipinski definition) is 2. The molecule has 0 unspecified atom stereocenters. The zero-order chi connectivity index (χ0) is 14.5. The van der Waals surface area contributed by atoms with Gasteiger partial charge < -0.3 is 10.4 Å². The average molecular weight is 296 g/mol. The first-order chi connectivity index (χ1) is 9.54. The van der Waals surface area contributed by atoms with Crippen LogP contribution in [0.15, 0.2) is 24.5 Å². The van der Waals surface area contributed by atoms with Crippen molar-refractivity contribution in [2.45, 2.75) is 13.1 Å². The Kier molecular flexibility index (Phi) is 4.26. The molecule has 2 N–H and O–H groups in total. The maximum Gasteiger partial charge on any atom is 0.325 e. The number of rotatable bonds is 5. The van der Waals surface area contributed by atoms with E-state index >= 15 is 0 Å². The Balaban J connectivity index is 1.93. The normalized spacial score (nSPS) is 10.2. The number of carbonyl (C=O) groups is 2. The number of carbonyl (C=O) groups excluding carboxylic acids is 1. The fourth-order valence-corrected chi connectivity index (χ4v) is 1.59. The van der Waals surface area contributed by atoms with E-state index < -0.39 is 11.9 Å². The third-order valence-electron chi connectivity index (χ3n) is 2.27. The number of hydrogen-bond acceptors (Lipinski definition) is 5. The molecule has 0 fully saturated rings. The van der Waals surface area contributed by atoms with Gasteiger partial charge in [0.25, 0.3) is 5.91 Å². The van der Waals surface area contributed by atoms with Gasteiger partial charge in [-0.15, -0.1) is 5.10 Å². The molecule has 0 bridgehead atoms. The van der Waals surface area contributed by atoms with Crippen LogP contribution < -0.4 is 5.32 Å². The summed E-state index contributed by atoms with van der Waals surface area (Å²) in [4.78, 5) is 26.1. The Morgan fingerprint density at radius 3 is 2.95 bits per heavy atom. The molecular formula is C11H10ClN5O3. The highest BCUT2D eigenvalue weighted by atomic mass is 35.5. The Bertz CT molecular complexity index is 642. The van der Waals surface area contributed by atoms with Crippen LogP contribution in [0, 0.1) is 0 Å². The van der Waals surface area contributed by atoms with Gasteiger partial charge in [-0.25, -0.2) is 4.68 Å². The molecule has 0 saturated carbocycles. The van der Waals surface area contributed by atoms with Crippen LogP contribution in [-0.2, 0) is 17.9 Å². The Morgan fingerprint density at radius 2 is 2.25 bits per heavy atom. The van der Waals surface area contributed by atoms with E-state index in [9.17, 15) is 9.59 Å². The first-order valence-corrected chi connectivity index (χ1v) is 5.93. The van der Waals surface area contributed by atoms with Gasteiger partial charge in [-0.1, -0.05) is 16.8 Å². The summed E-state index contributed by atoms with van der Waals surface area (Å²) in [5.41, 5.74) is 0.636. The van der Waals surface area contributed by atoms with Crippen LogP contribution in [0.25, 0.3) is 0 Å². The molecule has 2 rings (SSSR count). The summed E-state index contributed by atoms with van der Waals surface area (Å²) in [6, 6.07) is 3.01. The summed E-state index contributed by atoms with van der Waals surface area (Å²) in [6.07, 6.45) is 2.88. The van der Waals surface area contributed by atoms with Crippen molar-refractivity contribution in [3.8, 4) is 0 Å². The van der Waals surface area contributed by atoms with Crippen LogP contribution in [0.3, 0.4) is 0 Å². The molecule has 2 heterocycles. The second-order valence-electron chi connectivity index (χ2n) is 3.84. The van der Waals surface area contributed by atoms with Gasteiger partial charge in [-0.05, 0) is 12.1 Å². The number of halogens is 1. The Morgan fingerprint density at radius 1 is 1.45 bits per heavy atom. The fourth-order valence-electron chi connectivity index (χ4n) is 1.43. The molecule has 0 aliphatic rings. The van der Waals surface area contributed by atoms with E-state index in [0.29, 0.717) is 10.7 Å². The van der Waals surface area contributed by atoms with Crippen molar-refractivity contribution in [2.24, 2.45) is 0 Å². The van der Waals surface area contributed by atoms with Crippen LogP contribution in [0.5, 0.6) is 0 Å². The number of carboxylic acids is 1. The molecule has 20 heavy (non-hydrogen) atoms. The van der Waals surface area contributed by atoms with Crippen LogP contribution in [0.1, 0.15) is 16.2 Å². The SMILES string of the molecule is O=C(O)Cn1cc(CNC(=O)c2cc(Cl)ccn2)nn1. The molecule has 2 aromatic rings. The lowest BCUT2D eigenvalue weighted by molar-refractivity contribution is -0.137. The summed E-state index contributed by atoms with van der Waals surface area (Å²) in [6.45, 7) is -0.163. The topological polar surface area (TPSA) is 110 Å². The van der Waals surface area contributed by atoms with Crippen molar-refractivity contribution >= 4 is 23.5 Å². The van der Waals surface area contributed by atoms with Crippen molar-refractivity contribution in [1.29, 1.82) is 0 Å². The number of aromatic nitrogens is 4. The van der Waals surface area contributed by atoms with E-state index in [1.54, 1.807) is 6.07 Å². The molecule has 8 nitrogen and oxygen atoms in total. The quantitative estimate of drug-likeness (QED) is 0.823. The predicted molar refractivity (Wildman–Crippen MR) is 68.1 cm³/mol. The highest BCUT2D eigenvalue weighted by Crippen LogP contribution is 2.07. The molecule has 0 aliphatic heterocycles. The molecule has 9 heteroatoms. The van der Waals surface area contributed by atoms with Gasteiger partial charge in [0.1, 0.15) is 17.9 Å². The van der Waals surface area contributed by atoms with Crippen LogP contribution >= 0.6 is 11.6 Å². The summed E-state index contributed by atoms with van der Waals surface area (Å²) in [5.74, 6) is -1.42. The first-order valence-electron chi connectivity index (χ1n) is 5.55. The highest BCUT2D eigenvalue weighted by Gasteiger charge is 2.09. The summed E-state index contributed by atoms with van der Waals surface area (Å²) >= 11 is 5.76. The van der Waals surface area contributed by atoms with Gasteiger partial charge >= 0.3 is 5.97 Å². The number of aliphatic carboxylic acids is 1. The summed E-state index contributed by atoms with van der Waals surface area (Å²) in [5, 5.41) is 18.9. The van der Waals surface area contributed by atoms with Gasteiger partial charge in [0, 0.05) is 11.2 Å². The molecule has 0 atom stereocenters. The maximum absolute atomic E-state index is 11.8. The Labute approximate surface area is 118 Å². The molecule has 0 saturated heterocycles. The number of amides is 1. The van der Waals surface area contributed by atoms with Crippen molar-refractivity contribution in [3.05, 3.63) is 40.9 Å². The molecule has 0 aromatic carbocycles. The van der Waals surface area contributed by atoms with Gasteiger partial charge in [-0.3, -0.25) is 14.6 Å². The lowest BCUT2D eigenvalue weighted by Gasteiger charge is -2.02. The fraction of sp³-hybridized carbons (Fsp3) is 0.182. The lowest BCUT2D eigenvalue weighted by atomic mass is 10.3. The smallest absolute Gasteiger partial charge is 0.325 e. The van der Waals surface area contributed by atoms with Crippen molar-refractivity contribution in [3.63, 3.8) is 0 Å². The van der Waals surface area contributed by atoms with Crippen LogP contribution in [-0.4, -0.2) is 37.0 Å². The largest absolute Gasteiger partial charge is 0.480 e. The number of nitrogens with zero attached hydrogens (tertiary/aromatic N) is 4. The zero-order valence-electron chi connectivity index (χ0n) is 10.2. The average Bonchev–Trinajstić information content (AvgIpc) is 2.82. The first kappa shape index (κ1) is 13.9. The molecule has 2 aromatic heterocycles. The number of pyridine rings is 1. The minimum absolute atomic E-state index is 0.118. The molecular weight excluding hydrogens is 286 g/mol. The summed E-state index contributed by atoms with van der Waals surface area (Å²) < 4.78 is 1.17. The van der Waals surface area contributed by atoms with Crippen LogP contribution in [0.4, 0.5) is 0 Å². The van der Waals surface area contributed by atoms with Gasteiger partial charge in [0.15, 0.2) is 0 Å². The van der Waals surface area contributed by atoms with E-state index in [-0.39, 0.29) is 18.8 Å². The second kappa shape index (κ2) is 6.11. The van der Waals surface area contributed by atoms with Gasteiger partial charge in [0.2, 0.25) is 0 Å². The van der Waals surface area contributed by atoms with E-state index in [0.717, 1.165) is 0 Å². The number of carboxylic acid groups (broad SMARTS) is 1. The monoisotopic (exact) mass is 295 g/mol. The number of nitrogens with one attached hydrogen (secondary N) is 1. The van der Waals surface area contributed by atoms with Crippen molar-refractivity contribution in [1.82, 2.24) is 25.3 Å². The molecule has 0 radical (unpaired) electrons. The van der Waals surface area contributed by atoms with E-state index in [1.807, 2.05) is 0 Å². The molecule has 104 valence electrons. The minimum atomic E-state index is -1.02. The van der Waals surface area contributed by atoms with Crippen molar-refractivity contribution in [2.75, 3.05) is 0 Å². The molecule has 0 spiro atoms. The van der Waals surface area contributed by atoms with E-state index in [1.165, 1.54) is 23.1 Å². The zero-order valence-corrected chi connectivity index (χ0v) is 10.9. The summed E-state index contributed by atoms with van der Waals surface area (Å²) in [7, 11) is 0.